The molecule has 1 aliphatic carbocycles. The van der Waals surface area contributed by atoms with E-state index >= 15 is 0 Å². The van der Waals surface area contributed by atoms with E-state index in [0.29, 0.717) is 13.1 Å². The molecule has 2 aliphatic rings. The van der Waals surface area contributed by atoms with Gasteiger partial charge in [-0.1, -0.05) is 29.8 Å². The number of aryl methyl sites for hydroxylation is 1. The van der Waals surface area contributed by atoms with Crippen LogP contribution in [0.1, 0.15) is 42.9 Å². The SMILES string of the molecule is Cc1ccc(C(N)C(=O)N2CCC(NC(=O)C3CC3)CC2)cc1.Cl. The van der Waals surface area contributed by atoms with Crippen LogP contribution in [0.2, 0.25) is 0 Å². The molecule has 0 aromatic heterocycles. The van der Waals surface area contributed by atoms with Crippen molar-refractivity contribution in [1.29, 1.82) is 0 Å². The first kappa shape index (κ1) is 18.7. The number of hydrogen-bond acceptors (Lipinski definition) is 3. The summed E-state index contributed by atoms with van der Waals surface area (Å²) in [5.41, 5.74) is 8.13. The van der Waals surface area contributed by atoms with Gasteiger partial charge in [-0.25, -0.2) is 0 Å². The van der Waals surface area contributed by atoms with E-state index in [4.69, 9.17) is 5.73 Å². The summed E-state index contributed by atoms with van der Waals surface area (Å²) >= 11 is 0. The van der Waals surface area contributed by atoms with E-state index < -0.39 is 6.04 Å². The number of carbonyl (C=O) groups excluding carboxylic acids is 2. The molecule has 0 spiro atoms. The highest BCUT2D eigenvalue weighted by Crippen LogP contribution is 2.29. The Morgan fingerprint density at radius 1 is 1.12 bits per heavy atom. The molecule has 1 aromatic carbocycles. The maximum Gasteiger partial charge on any atom is 0.244 e. The summed E-state index contributed by atoms with van der Waals surface area (Å²) in [5.74, 6) is 0.400. The molecule has 1 saturated heterocycles. The van der Waals surface area contributed by atoms with Gasteiger partial charge in [-0.3, -0.25) is 9.59 Å². The van der Waals surface area contributed by atoms with Crippen LogP contribution in [-0.4, -0.2) is 35.8 Å². The summed E-state index contributed by atoms with van der Waals surface area (Å²) in [6.45, 7) is 3.33. The van der Waals surface area contributed by atoms with Gasteiger partial charge in [-0.15, -0.1) is 12.4 Å². The normalized spacial score (nSPS) is 19.3. The van der Waals surface area contributed by atoms with Crippen LogP contribution in [0, 0.1) is 12.8 Å². The van der Waals surface area contributed by atoms with Gasteiger partial charge in [0.25, 0.3) is 0 Å². The molecule has 1 aromatic rings. The van der Waals surface area contributed by atoms with Gasteiger partial charge in [-0.2, -0.15) is 0 Å². The largest absolute Gasteiger partial charge is 0.353 e. The fraction of sp³-hybridized carbons (Fsp3) is 0.556. The number of likely N-dealkylation sites (tertiary alicyclic amines) is 1. The van der Waals surface area contributed by atoms with Gasteiger partial charge in [0.2, 0.25) is 11.8 Å². The lowest BCUT2D eigenvalue weighted by Crippen LogP contribution is -2.49. The Morgan fingerprint density at radius 2 is 1.71 bits per heavy atom. The molecule has 1 aliphatic heterocycles. The van der Waals surface area contributed by atoms with Gasteiger partial charge in [-0.05, 0) is 38.2 Å². The van der Waals surface area contributed by atoms with Gasteiger partial charge in [0, 0.05) is 25.0 Å². The summed E-state index contributed by atoms with van der Waals surface area (Å²) in [4.78, 5) is 26.2. The van der Waals surface area contributed by atoms with Crippen molar-refractivity contribution in [2.24, 2.45) is 11.7 Å². The van der Waals surface area contributed by atoms with Crippen molar-refractivity contribution >= 4 is 24.2 Å². The Balaban J connectivity index is 0.00000208. The predicted octanol–water partition coefficient (Wildman–Crippen LogP) is 1.93. The third kappa shape index (κ3) is 4.48. The Kier molecular flexibility index (Phi) is 6.24. The van der Waals surface area contributed by atoms with E-state index in [0.717, 1.165) is 36.8 Å². The number of piperidine rings is 1. The maximum absolute atomic E-state index is 12.5. The third-order valence-electron chi connectivity index (χ3n) is 4.80. The summed E-state index contributed by atoms with van der Waals surface area (Å²) < 4.78 is 0. The number of amides is 2. The van der Waals surface area contributed by atoms with E-state index in [1.54, 1.807) is 0 Å². The first-order chi connectivity index (χ1) is 11.0. The number of nitrogens with two attached hydrogens (primary N) is 1. The molecule has 1 unspecified atom stereocenters. The fourth-order valence-corrected chi connectivity index (χ4v) is 3.02. The van der Waals surface area contributed by atoms with E-state index in [1.807, 2.05) is 36.1 Å². The van der Waals surface area contributed by atoms with Crippen LogP contribution < -0.4 is 11.1 Å². The van der Waals surface area contributed by atoms with Crippen LogP contribution in [0.4, 0.5) is 0 Å². The zero-order chi connectivity index (χ0) is 16.4. The van der Waals surface area contributed by atoms with E-state index in [1.165, 1.54) is 0 Å². The highest BCUT2D eigenvalue weighted by Gasteiger charge is 2.33. The summed E-state index contributed by atoms with van der Waals surface area (Å²) in [6, 6.07) is 7.38. The predicted molar refractivity (Wildman–Crippen MR) is 95.8 cm³/mol. The topological polar surface area (TPSA) is 75.4 Å². The van der Waals surface area contributed by atoms with Crippen LogP contribution in [-0.2, 0) is 9.59 Å². The van der Waals surface area contributed by atoms with E-state index in [-0.39, 0.29) is 36.2 Å². The highest BCUT2D eigenvalue weighted by atomic mass is 35.5. The van der Waals surface area contributed by atoms with E-state index in [9.17, 15) is 9.59 Å². The Labute approximate surface area is 149 Å². The third-order valence-corrected chi connectivity index (χ3v) is 4.80. The Bertz CT molecular complexity index is 578. The van der Waals surface area contributed by atoms with Gasteiger partial charge in [0.05, 0.1) is 0 Å². The Morgan fingerprint density at radius 3 is 2.25 bits per heavy atom. The lowest BCUT2D eigenvalue weighted by molar-refractivity contribution is -0.134. The van der Waals surface area contributed by atoms with Gasteiger partial charge in [0.15, 0.2) is 0 Å². The number of rotatable bonds is 4. The zero-order valence-corrected chi connectivity index (χ0v) is 14.8. The number of carbonyl (C=O) groups is 2. The van der Waals surface area contributed by atoms with Gasteiger partial charge >= 0.3 is 0 Å². The molecule has 0 bridgehead atoms. The second-order valence-electron chi connectivity index (χ2n) is 6.77. The van der Waals surface area contributed by atoms with Crippen molar-refractivity contribution in [2.75, 3.05) is 13.1 Å². The first-order valence-corrected chi connectivity index (χ1v) is 8.46. The maximum atomic E-state index is 12.5. The average Bonchev–Trinajstić information content (AvgIpc) is 3.40. The van der Waals surface area contributed by atoms with Crippen LogP contribution in [0.15, 0.2) is 24.3 Å². The fourth-order valence-electron chi connectivity index (χ4n) is 3.02. The first-order valence-electron chi connectivity index (χ1n) is 8.46. The molecule has 3 rings (SSSR count). The standard InChI is InChI=1S/C18H25N3O2.ClH/c1-12-2-4-13(5-3-12)16(19)18(23)21-10-8-15(9-11-21)20-17(22)14-6-7-14;/h2-5,14-16H,6-11,19H2,1H3,(H,20,22);1H. The van der Waals surface area contributed by atoms with Crippen molar-refractivity contribution in [3.63, 3.8) is 0 Å². The zero-order valence-electron chi connectivity index (χ0n) is 14.0. The van der Waals surface area contributed by atoms with Crippen molar-refractivity contribution in [2.45, 2.75) is 44.7 Å². The molecular weight excluding hydrogens is 326 g/mol. The molecule has 6 heteroatoms. The van der Waals surface area contributed by atoms with Crippen LogP contribution in [0.3, 0.4) is 0 Å². The molecule has 132 valence electrons. The molecule has 1 saturated carbocycles. The average molecular weight is 352 g/mol. The monoisotopic (exact) mass is 351 g/mol. The molecule has 5 nitrogen and oxygen atoms in total. The van der Waals surface area contributed by atoms with E-state index in [2.05, 4.69) is 5.32 Å². The second-order valence-corrected chi connectivity index (χ2v) is 6.77. The number of nitrogens with zero attached hydrogens (tertiary/aromatic N) is 1. The molecule has 2 amide bonds. The van der Waals surface area contributed by atoms with Crippen LogP contribution in [0.5, 0.6) is 0 Å². The number of nitrogens with one attached hydrogen (secondary N) is 1. The van der Waals surface area contributed by atoms with Gasteiger partial charge < -0.3 is 16.0 Å². The van der Waals surface area contributed by atoms with Crippen molar-refractivity contribution < 1.29 is 9.59 Å². The Hall–Kier alpha value is -1.59. The minimum atomic E-state index is -0.604. The van der Waals surface area contributed by atoms with Crippen LogP contribution in [0.25, 0.3) is 0 Å². The summed E-state index contributed by atoms with van der Waals surface area (Å²) in [5, 5.41) is 3.10. The molecular formula is C18H26ClN3O2. The minimum Gasteiger partial charge on any atom is -0.353 e. The van der Waals surface area contributed by atoms with Crippen molar-refractivity contribution in [1.82, 2.24) is 10.2 Å². The number of benzene rings is 1. The second kappa shape index (κ2) is 7.99. The van der Waals surface area contributed by atoms with Crippen molar-refractivity contribution in [3.8, 4) is 0 Å². The number of hydrogen-bond donors (Lipinski definition) is 2. The smallest absolute Gasteiger partial charge is 0.244 e. The molecule has 24 heavy (non-hydrogen) atoms. The van der Waals surface area contributed by atoms with Gasteiger partial charge in [0.1, 0.15) is 6.04 Å². The van der Waals surface area contributed by atoms with Crippen molar-refractivity contribution in [3.05, 3.63) is 35.4 Å². The summed E-state index contributed by atoms with van der Waals surface area (Å²) in [6.07, 6.45) is 3.67. The molecule has 2 fully saturated rings. The summed E-state index contributed by atoms with van der Waals surface area (Å²) in [7, 11) is 0. The molecule has 0 radical (unpaired) electrons. The quantitative estimate of drug-likeness (QED) is 0.870. The lowest BCUT2D eigenvalue weighted by atomic mass is 10.0. The highest BCUT2D eigenvalue weighted by molar-refractivity contribution is 5.85. The number of halogens is 1. The molecule has 1 heterocycles. The minimum absolute atomic E-state index is 0. The molecule has 1 atom stereocenters. The lowest BCUT2D eigenvalue weighted by Gasteiger charge is -2.34. The molecule has 3 N–H and O–H groups in total. The van der Waals surface area contributed by atoms with Crippen LogP contribution >= 0.6 is 12.4 Å².